The van der Waals surface area contributed by atoms with E-state index in [0.717, 1.165) is 58.3 Å². The number of nitrogens with zero attached hydrogens (tertiary/aromatic N) is 1. The number of carbonyl (C=O) groups is 1. The number of rotatable bonds is 13. The van der Waals surface area contributed by atoms with Gasteiger partial charge in [-0.1, -0.05) is 6.08 Å². The van der Waals surface area contributed by atoms with Gasteiger partial charge in [0.25, 0.3) is 0 Å². The van der Waals surface area contributed by atoms with Gasteiger partial charge in [-0.05, 0) is 44.4 Å². The highest BCUT2D eigenvalue weighted by Crippen LogP contribution is 2.45. The molecule has 2 aliphatic heterocycles. The zero-order valence-electron chi connectivity index (χ0n) is 15.4. The summed E-state index contributed by atoms with van der Waals surface area (Å²) in [6.07, 6.45) is 8.75. The average molecular weight is 355 g/mol. The molecule has 6 heteroatoms. The number of ether oxygens (including phenoxy) is 3. The summed E-state index contributed by atoms with van der Waals surface area (Å²) in [6.45, 7) is 6.60. The van der Waals surface area contributed by atoms with Gasteiger partial charge in [-0.3, -0.25) is 10.0 Å². The predicted molar refractivity (Wildman–Crippen MR) is 94.4 cm³/mol. The first kappa shape index (κ1) is 20.4. The lowest BCUT2D eigenvalue weighted by molar-refractivity contribution is -0.159. The van der Waals surface area contributed by atoms with Gasteiger partial charge in [0.05, 0.1) is 18.8 Å². The quantitative estimate of drug-likeness (QED) is 0.238. The van der Waals surface area contributed by atoms with E-state index in [4.69, 9.17) is 19.4 Å². The van der Waals surface area contributed by atoms with Crippen LogP contribution < -0.4 is 0 Å². The zero-order valence-corrected chi connectivity index (χ0v) is 15.4. The van der Waals surface area contributed by atoms with Crippen LogP contribution >= 0.6 is 0 Å². The molecule has 6 nitrogen and oxygen atoms in total. The molecule has 0 aliphatic carbocycles. The molecule has 0 saturated carbocycles. The van der Waals surface area contributed by atoms with Crippen LogP contribution in [0.4, 0.5) is 0 Å². The molecule has 4 unspecified atom stereocenters. The molecule has 0 aromatic rings. The minimum absolute atomic E-state index is 0.252. The van der Waals surface area contributed by atoms with E-state index in [-0.39, 0.29) is 5.91 Å². The Morgan fingerprint density at radius 1 is 1.20 bits per heavy atom. The summed E-state index contributed by atoms with van der Waals surface area (Å²) in [5.41, 5.74) is 0. The standard InChI is InChI=1S/C19H33NO5/c1-3-4-11-23-13-10-15-16(18-9-8-17(15)25-18)14-24-12-6-5-7-19(21)20(2)22/h3,15-18,22H,1,4-14H2,2H3. The predicted octanol–water partition coefficient (Wildman–Crippen LogP) is 2.80. The summed E-state index contributed by atoms with van der Waals surface area (Å²) in [4.78, 5) is 11.3. The second-order valence-corrected chi connectivity index (χ2v) is 7.05. The van der Waals surface area contributed by atoms with Gasteiger partial charge in [0.15, 0.2) is 0 Å². The summed E-state index contributed by atoms with van der Waals surface area (Å²) >= 11 is 0. The normalized spacial score (nSPS) is 27.6. The van der Waals surface area contributed by atoms with Crippen LogP contribution in [0.3, 0.4) is 0 Å². The van der Waals surface area contributed by atoms with Crippen LogP contribution in [-0.2, 0) is 19.0 Å². The summed E-state index contributed by atoms with van der Waals surface area (Å²) in [6, 6.07) is 0. The third kappa shape index (κ3) is 6.37. The number of carbonyl (C=O) groups excluding carboxylic acids is 1. The molecule has 2 rings (SSSR count). The van der Waals surface area contributed by atoms with Gasteiger partial charge in [0, 0.05) is 39.2 Å². The summed E-state index contributed by atoms with van der Waals surface area (Å²) < 4.78 is 17.6. The Balaban J connectivity index is 1.60. The van der Waals surface area contributed by atoms with Crippen LogP contribution in [0.5, 0.6) is 0 Å². The molecular formula is C19H33NO5. The lowest BCUT2D eigenvalue weighted by atomic mass is 9.78. The number of hydrogen-bond acceptors (Lipinski definition) is 5. The van der Waals surface area contributed by atoms with Crippen LogP contribution in [0.1, 0.15) is 44.9 Å². The van der Waals surface area contributed by atoms with Gasteiger partial charge in [0.1, 0.15) is 0 Å². The number of hydroxylamine groups is 2. The Hall–Kier alpha value is -0.950. The molecular weight excluding hydrogens is 322 g/mol. The van der Waals surface area contributed by atoms with E-state index >= 15 is 0 Å². The van der Waals surface area contributed by atoms with Crippen molar-refractivity contribution in [1.29, 1.82) is 0 Å². The minimum atomic E-state index is -0.252. The van der Waals surface area contributed by atoms with E-state index in [2.05, 4.69) is 6.58 Å². The molecule has 0 radical (unpaired) electrons. The van der Waals surface area contributed by atoms with E-state index in [1.807, 2.05) is 6.08 Å². The lowest BCUT2D eigenvalue weighted by Crippen LogP contribution is -2.32. The highest BCUT2D eigenvalue weighted by molar-refractivity contribution is 5.74. The second-order valence-electron chi connectivity index (χ2n) is 7.05. The first-order valence-electron chi connectivity index (χ1n) is 9.50. The van der Waals surface area contributed by atoms with Gasteiger partial charge in [0.2, 0.25) is 5.91 Å². The van der Waals surface area contributed by atoms with Gasteiger partial charge in [-0.15, -0.1) is 6.58 Å². The summed E-state index contributed by atoms with van der Waals surface area (Å²) in [7, 11) is 1.36. The van der Waals surface area contributed by atoms with Gasteiger partial charge < -0.3 is 14.2 Å². The average Bonchev–Trinajstić information content (AvgIpc) is 3.19. The van der Waals surface area contributed by atoms with Crippen molar-refractivity contribution in [3.05, 3.63) is 12.7 Å². The van der Waals surface area contributed by atoms with Crippen molar-refractivity contribution in [3.8, 4) is 0 Å². The molecule has 4 atom stereocenters. The summed E-state index contributed by atoms with van der Waals surface area (Å²) in [5.74, 6) is 0.747. The zero-order chi connectivity index (χ0) is 18.1. The third-order valence-electron chi connectivity index (χ3n) is 5.25. The monoisotopic (exact) mass is 355 g/mol. The number of unbranched alkanes of at least 4 members (excludes halogenated alkanes) is 1. The smallest absolute Gasteiger partial charge is 0.245 e. The highest BCUT2D eigenvalue weighted by atomic mass is 16.5. The second kappa shape index (κ2) is 10.9. The topological polar surface area (TPSA) is 68.2 Å². The van der Waals surface area contributed by atoms with E-state index in [1.165, 1.54) is 7.05 Å². The lowest BCUT2D eigenvalue weighted by Gasteiger charge is -2.27. The fourth-order valence-corrected chi connectivity index (χ4v) is 3.85. The minimum Gasteiger partial charge on any atom is -0.381 e. The van der Waals surface area contributed by atoms with Crippen molar-refractivity contribution < 1.29 is 24.2 Å². The Labute approximate surface area is 151 Å². The van der Waals surface area contributed by atoms with E-state index in [9.17, 15) is 4.79 Å². The van der Waals surface area contributed by atoms with Crippen molar-refractivity contribution in [2.45, 2.75) is 57.2 Å². The molecule has 0 spiro atoms. The molecule has 2 heterocycles. The Morgan fingerprint density at radius 2 is 1.96 bits per heavy atom. The fourth-order valence-electron chi connectivity index (χ4n) is 3.85. The Morgan fingerprint density at radius 3 is 2.68 bits per heavy atom. The largest absolute Gasteiger partial charge is 0.381 e. The maximum absolute atomic E-state index is 11.3. The maximum atomic E-state index is 11.3. The molecule has 1 amide bonds. The van der Waals surface area contributed by atoms with Crippen LogP contribution in [0, 0.1) is 11.8 Å². The molecule has 144 valence electrons. The van der Waals surface area contributed by atoms with Crippen molar-refractivity contribution >= 4 is 5.91 Å². The van der Waals surface area contributed by atoms with Crippen LogP contribution in [0.15, 0.2) is 12.7 Å². The molecule has 1 N–H and O–H groups in total. The number of fused-ring (bicyclic) bond motifs is 2. The molecule has 2 bridgehead atoms. The van der Waals surface area contributed by atoms with Crippen LogP contribution in [0.2, 0.25) is 0 Å². The van der Waals surface area contributed by atoms with Crippen LogP contribution in [0.25, 0.3) is 0 Å². The van der Waals surface area contributed by atoms with Gasteiger partial charge >= 0.3 is 0 Å². The molecule has 2 fully saturated rings. The maximum Gasteiger partial charge on any atom is 0.245 e. The van der Waals surface area contributed by atoms with Gasteiger partial charge in [-0.2, -0.15) is 0 Å². The Kier molecular flexibility index (Phi) is 8.89. The molecule has 2 aliphatic rings. The van der Waals surface area contributed by atoms with Crippen molar-refractivity contribution in [2.75, 3.05) is 33.5 Å². The number of amides is 1. The molecule has 0 aromatic heterocycles. The third-order valence-corrected chi connectivity index (χ3v) is 5.25. The molecule has 2 saturated heterocycles. The summed E-state index contributed by atoms with van der Waals surface area (Å²) in [5, 5.41) is 9.65. The van der Waals surface area contributed by atoms with E-state index in [1.54, 1.807) is 0 Å². The fraction of sp³-hybridized carbons (Fsp3) is 0.842. The SMILES string of the molecule is C=CCCOCCC1C2CCC(O2)C1COCCCCC(=O)N(C)O. The van der Waals surface area contributed by atoms with Crippen LogP contribution in [-0.4, -0.2) is 61.9 Å². The van der Waals surface area contributed by atoms with Crippen molar-refractivity contribution in [2.24, 2.45) is 11.8 Å². The first-order valence-corrected chi connectivity index (χ1v) is 9.50. The van der Waals surface area contributed by atoms with Gasteiger partial charge in [-0.25, -0.2) is 5.06 Å². The van der Waals surface area contributed by atoms with E-state index in [0.29, 0.717) is 42.1 Å². The Bertz CT molecular complexity index is 415. The first-order chi connectivity index (χ1) is 12.1. The van der Waals surface area contributed by atoms with E-state index < -0.39 is 0 Å². The number of hydrogen-bond donors (Lipinski definition) is 1. The highest BCUT2D eigenvalue weighted by Gasteiger charge is 2.48. The molecule has 25 heavy (non-hydrogen) atoms. The molecule has 0 aromatic carbocycles. The van der Waals surface area contributed by atoms with Crippen molar-refractivity contribution in [1.82, 2.24) is 5.06 Å². The van der Waals surface area contributed by atoms with Crippen molar-refractivity contribution in [3.63, 3.8) is 0 Å².